The highest BCUT2D eigenvalue weighted by Crippen LogP contribution is 2.28. The van der Waals surface area contributed by atoms with Crippen molar-refractivity contribution in [1.29, 1.82) is 0 Å². The fourth-order valence-corrected chi connectivity index (χ4v) is 2.42. The first-order chi connectivity index (χ1) is 8.49. The molecule has 1 aliphatic rings. The Hall–Kier alpha value is -1.42. The standard InChI is InChI=1S/C14H18FNO2/c1-9-3-4-11(7-13(9)15)10(2)16-6-5-12(8-16)14(17)18/h3-4,7,10,12H,5-6,8H2,1-2H3,(H,17,18). The molecule has 2 atom stereocenters. The van der Waals surface area contributed by atoms with E-state index in [1.807, 2.05) is 13.0 Å². The van der Waals surface area contributed by atoms with Crippen LogP contribution in [0.3, 0.4) is 0 Å². The van der Waals surface area contributed by atoms with Gasteiger partial charge >= 0.3 is 5.97 Å². The summed E-state index contributed by atoms with van der Waals surface area (Å²) in [6.45, 7) is 5.04. The fraction of sp³-hybridized carbons (Fsp3) is 0.500. The van der Waals surface area contributed by atoms with E-state index < -0.39 is 5.97 Å². The second kappa shape index (κ2) is 5.06. The molecule has 1 aliphatic heterocycles. The molecule has 1 fully saturated rings. The normalized spacial score (nSPS) is 22.1. The summed E-state index contributed by atoms with van der Waals surface area (Å²) in [4.78, 5) is 13.0. The van der Waals surface area contributed by atoms with Gasteiger partial charge in [0.05, 0.1) is 5.92 Å². The van der Waals surface area contributed by atoms with Crippen LogP contribution in [-0.2, 0) is 4.79 Å². The summed E-state index contributed by atoms with van der Waals surface area (Å²) in [5.41, 5.74) is 1.54. The minimum Gasteiger partial charge on any atom is -0.481 e. The maximum absolute atomic E-state index is 13.5. The van der Waals surface area contributed by atoms with Crippen molar-refractivity contribution in [3.05, 3.63) is 35.1 Å². The Morgan fingerprint density at radius 2 is 2.28 bits per heavy atom. The highest BCUT2D eigenvalue weighted by Gasteiger charge is 2.31. The van der Waals surface area contributed by atoms with E-state index >= 15 is 0 Å². The Morgan fingerprint density at radius 1 is 1.56 bits per heavy atom. The highest BCUT2D eigenvalue weighted by molar-refractivity contribution is 5.70. The second-order valence-electron chi connectivity index (χ2n) is 5.00. The molecule has 0 aliphatic carbocycles. The molecule has 0 radical (unpaired) electrons. The van der Waals surface area contributed by atoms with Crippen LogP contribution >= 0.6 is 0 Å². The van der Waals surface area contributed by atoms with Crippen molar-refractivity contribution in [3.8, 4) is 0 Å². The van der Waals surface area contributed by atoms with Gasteiger partial charge < -0.3 is 5.11 Å². The van der Waals surface area contributed by atoms with E-state index in [1.54, 1.807) is 19.1 Å². The molecule has 0 bridgehead atoms. The summed E-state index contributed by atoms with van der Waals surface area (Å²) in [6.07, 6.45) is 0.675. The molecule has 0 saturated carbocycles. The van der Waals surface area contributed by atoms with Crippen molar-refractivity contribution in [2.75, 3.05) is 13.1 Å². The zero-order chi connectivity index (χ0) is 13.3. The number of carboxylic acid groups (broad SMARTS) is 1. The number of rotatable bonds is 3. The lowest BCUT2D eigenvalue weighted by molar-refractivity contribution is -0.141. The molecule has 0 aromatic heterocycles. The first kappa shape index (κ1) is 13.0. The van der Waals surface area contributed by atoms with Crippen molar-refractivity contribution in [2.24, 2.45) is 5.92 Å². The third-order valence-corrected chi connectivity index (χ3v) is 3.79. The first-order valence-corrected chi connectivity index (χ1v) is 6.22. The van der Waals surface area contributed by atoms with Crippen molar-refractivity contribution < 1.29 is 14.3 Å². The van der Waals surface area contributed by atoms with E-state index in [0.29, 0.717) is 18.5 Å². The van der Waals surface area contributed by atoms with E-state index in [1.165, 1.54) is 0 Å². The number of likely N-dealkylation sites (tertiary alicyclic amines) is 1. The van der Waals surface area contributed by atoms with Crippen LogP contribution in [0, 0.1) is 18.7 Å². The van der Waals surface area contributed by atoms with Gasteiger partial charge in [-0.05, 0) is 44.0 Å². The third-order valence-electron chi connectivity index (χ3n) is 3.79. The van der Waals surface area contributed by atoms with E-state index in [2.05, 4.69) is 4.90 Å². The molecule has 1 aromatic carbocycles. The zero-order valence-electron chi connectivity index (χ0n) is 10.7. The minimum absolute atomic E-state index is 0.0597. The predicted molar refractivity (Wildman–Crippen MR) is 66.9 cm³/mol. The zero-order valence-corrected chi connectivity index (χ0v) is 10.7. The van der Waals surface area contributed by atoms with Crippen LogP contribution in [0.5, 0.6) is 0 Å². The fourth-order valence-electron chi connectivity index (χ4n) is 2.42. The molecule has 0 spiro atoms. The second-order valence-corrected chi connectivity index (χ2v) is 5.00. The minimum atomic E-state index is -0.736. The summed E-state index contributed by atoms with van der Waals surface area (Å²) in [5.74, 6) is -1.23. The van der Waals surface area contributed by atoms with E-state index in [-0.39, 0.29) is 17.8 Å². The molecule has 2 unspecified atom stereocenters. The summed E-state index contributed by atoms with van der Waals surface area (Å²) in [6, 6.07) is 5.29. The summed E-state index contributed by atoms with van der Waals surface area (Å²) in [7, 11) is 0. The summed E-state index contributed by atoms with van der Waals surface area (Å²) < 4.78 is 13.5. The number of hydrogen-bond acceptors (Lipinski definition) is 2. The molecule has 1 heterocycles. The maximum atomic E-state index is 13.5. The number of halogens is 1. The highest BCUT2D eigenvalue weighted by atomic mass is 19.1. The molecule has 3 nitrogen and oxygen atoms in total. The van der Waals surface area contributed by atoms with Crippen molar-refractivity contribution >= 4 is 5.97 Å². The lowest BCUT2D eigenvalue weighted by atomic mass is 10.0. The number of carbonyl (C=O) groups is 1. The Kier molecular flexibility index (Phi) is 3.66. The third kappa shape index (κ3) is 2.53. The average Bonchev–Trinajstić information content (AvgIpc) is 2.81. The Labute approximate surface area is 106 Å². The number of aryl methyl sites for hydroxylation is 1. The van der Waals surface area contributed by atoms with Gasteiger partial charge in [0.15, 0.2) is 0 Å². The Morgan fingerprint density at radius 3 is 2.83 bits per heavy atom. The van der Waals surface area contributed by atoms with Gasteiger partial charge in [0, 0.05) is 12.6 Å². The molecule has 4 heteroatoms. The van der Waals surface area contributed by atoms with Crippen LogP contribution in [0.2, 0.25) is 0 Å². The Bertz CT molecular complexity index is 461. The largest absolute Gasteiger partial charge is 0.481 e. The number of nitrogens with zero attached hydrogens (tertiary/aromatic N) is 1. The van der Waals surface area contributed by atoms with E-state index in [4.69, 9.17) is 5.11 Å². The van der Waals surface area contributed by atoms with Gasteiger partial charge in [0.1, 0.15) is 5.82 Å². The number of carboxylic acids is 1. The lowest BCUT2D eigenvalue weighted by Gasteiger charge is -2.24. The molecule has 1 saturated heterocycles. The van der Waals surface area contributed by atoms with Gasteiger partial charge in [-0.1, -0.05) is 12.1 Å². The first-order valence-electron chi connectivity index (χ1n) is 6.22. The lowest BCUT2D eigenvalue weighted by Crippen LogP contribution is -2.26. The van der Waals surface area contributed by atoms with Gasteiger partial charge in [0.25, 0.3) is 0 Å². The Balaban J connectivity index is 2.10. The summed E-state index contributed by atoms with van der Waals surface area (Å²) in [5, 5.41) is 8.98. The van der Waals surface area contributed by atoms with Crippen molar-refractivity contribution in [2.45, 2.75) is 26.3 Å². The molecule has 98 valence electrons. The monoisotopic (exact) mass is 251 g/mol. The van der Waals surface area contributed by atoms with Gasteiger partial charge in [-0.3, -0.25) is 9.69 Å². The van der Waals surface area contributed by atoms with Crippen LogP contribution in [0.1, 0.15) is 30.5 Å². The molecule has 0 amide bonds. The molecular formula is C14H18FNO2. The topological polar surface area (TPSA) is 40.5 Å². The van der Waals surface area contributed by atoms with Gasteiger partial charge in [-0.15, -0.1) is 0 Å². The number of aliphatic carboxylic acids is 1. The van der Waals surface area contributed by atoms with Crippen molar-refractivity contribution in [3.63, 3.8) is 0 Å². The van der Waals surface area contributed by atoms with Gasteiger partial charge in [0.2, 0.25) is 0 Å². The molecule has 2 rings (SSSR count). The number of benzene rings is 1. The molecule has 1 N–H and O–H groups in total. The molecule has 18 heavy (non-hydrogen) atoms. The number of hydrogen-bond donors (Lipinski definition) is 1. The average molecular weight is 251 g/mol. The van der Waals surface area contributed by atoms with E-state index in [0.717, 1.165) is 12.1 Å². The predicted octanol–water partition coefficient (Wildman–Crippen LogP) is 2.60. The molecular weight excluding hydrogens is 233 g/mol. The van der Waals surface area contributed by atoms with Crippen molar-refractivity contribution in [1.82, 2.24) is 4.90 Å². The van der Waals surface area contributed by atoms with E-state index in [9.17, 15) is 9.18 Å². The van der Waals surface area contributed by atoms with Crippen LogP contribution in [0.4, 0.5) is 4.39 Å². The summed E-state index contributed by atoms with van der Waals surface area (Å²) >= 11 is 0. The van der Waals surface area contributed by atoms with Crippen LogP contribution < -0.4 is 0 Å². The van der Waals surface area contributed by atoms with Crippen LogP contribution in [-0.4, -0.2) is 29.1 Å². The smallest absolute Gasteiger partial charge is 0.307 e. The quantitative estimate of drug-likeness (QED) is 0.897. The maximum Gasteiger partial charge on any atom is 0.307 e. The van der Waals surface area contributed by atoms with Crippen LogP contribution in [0.15, 0.2) is 18.2 Å². The SMILES string of the molecule is Cc1ccc(C(C)N2CCC(C(=O)O)C2)cc1F. The van der Waals surface area contributed by atoms with Gasteiger partial charge in [-0.25, -0.2) is 4.39 Å². The molecule has 1 aromatic rings. The van der Waals surface area contributed by atoms with Gasteiger partial charge in [-0.2, -0.15) is 0 Å². The van der Waals surface area contributed by atoms with Crippen LogP contribution in [0.25, 0.3) is 0 Å².